The van der Waals surface area contributed by atoms with Gasteiger partial charge in [0.15, 0.2) is 0 Å². The largest absolute Gasteiger partial charge is 0.382 e. The molecule has 4 heteroatoms. The van der Waals surface area contributed by atoms with Crippen molar-refractivity contribution in [1.29, 1.82) is 0 Å². The summed E-state index contributed by atoms with van der Waals surface area (Å²) in [6.07, 6.45) is 3.54. The number of nitrogen functional groups attached to an aromatic ring is 1. The molecule has 0 saturated carbocycles. The van der Waals surface area contributed by atoms with Gasteiger partial charge in [-0.25, -0.2) is 9.97 Å². The lowest BCUT2D eigenvalue weighted by Gasteiger charge is -1.97. The number of hydrogen-bond acceptors (Lipinski definition) is 3. The van der Waals surface area contributed by atoms with Gasteiger partial charge in [0.05, 0.1) is 5.69 Å². The van der Waals surface area contributed by atoms with Gasteiger partial charge in [-0.15, -0.1) is 0 Å². The van der Waals surface area contributed by atoms with Crippen molar-refractivity contribution in [1.82, 2.24) is 14.4 Å². The molecule has 0 spiro atoms. The van der Waals surface area contributed by atoms with Gasteiger partial charge in [0.1, 0.15) is 17.2 Å². The molecule has 0 aliphatic heterocycles. The second kappa shape index (κ2) is 6.82. The van der Waals surface area contributed by atoms with Gasteiger partial charge in [-0.2, -0.15) is 0 Å². The van der Waals surface area contributed by atoms with E-state index in [9.17, 15) is 0 Å². The maximum Gasteiger partial charge on any atom is 0.149 e. The van der Waals surface area contributed by atoms with Gasteiger partial charge in [0.25, 0.3) is 0 Å². The molecule has 90 valence electrons. The summed E-state index contributed by atoms with van der Waals surface area (Å²) in [5.41, 5.74) is 7.54. The SMILES string of the molecule is CC.CC.Cc1nc(C)n2ccnc(N)c12. The first-order valence-electron chi connectivity index (χ1n) is 5.76. The Labute approximate surface area is 97.5 Å². The second-order valence-electron chi connectivity index (χ2n) is 2.78. The number of hydrogen-bond donors (Lipinski definition) is 1. The Morgan fingerprint density at radius 1 is 1.12 bits per heavy atom. The van der Waals surface area contributed by atoms with Gasteiger partial charge in [0.2, 0.25) is 0 Å². The van der Waals surface area contributed by atoms with Gasteiger partial charge < -0.3 is 5.73 Å². The van der Waals surface area contributed by atoms with Crippen molar-refractivity contribution in [2.75, 3.05) is 5.73 Å². The maximum atomic E-state index is 5.70. The fourth-order valence-electron chi connectivity index (χ4n) is 1.42. The molecule has 2 N–H and O–H groups in total. The highest BCUT2D eigenvalue weighted by molar-refractivity contribution is 5.68. The zero-order chi connectivity index (χ0) is 12.7. The Kier molecular flexibility index (Phi) is 6.15. The van der Waals surface area contributed by atoms with E-state index in [2.05, 4.69) is 9.97 Å². The predicted octanol–water partition coefficient (Wildman–Crippen LogP) is 2.98. The summed E-state index contributed by atoms with van der Waals surface area (Å²) in [4.78, 5) is 8.29. The molecule has 0 aliphatic rings. The van der Waals surface area contributed by atoms with Crippen molar-refractivity contribution in [3.05, 3.63) is 23.9 Å². The highest BCUT2D eigenvalue weighted by Gasteiger charge is 2.06. The number of nitrogens with two attached hydrogens (primary N) is 1. The molecule has 0 radical (unpaired) electrons. The Morgan fingerprint density at radius 3 is 2.19 bits per heavy atom. The second-order valence-corrected chi connectivity index (χ2v) is 2.78. The van der Waals surface area contributed by atoms with Crippen molar-refractivity contribution in [3.8, 4) is 0 Å². The first-order valence-corrected chi connectivity index (χ1v) is 5.76. The summed E-state index contributed by atoms with van der Waals surface area (Å²) < 4.78 is 1.94. The normalized spacial score (nSPS) is 8.88. The standard InChI is InChI=1S/C8H10N4.2C2H6/c1-5-7-8(9)10-3-4-12(7)6(2)11-5;2*1-2/h3-4H,1-2H3,(H2,9,10);2*1-2H3. The topological polar surface area (TPSA) is 56.2 Å². The number of imidazole rings is 1. The van der Waals surface area contributed by atoms with Crippen molar-refractivity contribution in [3.63, 3.8) is 0 Å². The molecular weight excluding hydrogens is 200 g/mol. The Bertz CT molecular complexity index is 432. The van der Waals surface area contributed by atoms with E-state index in [4.69, 9.17) is 5.73 Å². The van der Waals surface area contributed by atoms with E-state index in [0.717, 1.165) is 17.0 Å². The molecule has 0 amide bonds. The monoisotopic (exact) mass is 222 g/mol. The Hall–Kier alpha value is -1.58. The quantitative estimate of drug-likeness (QED) is 0.745. The summed E-state index contributed by atoms with van der Waals surface area (Å²) in [7, 11) is 0. The van der Waals surface area contributed by atoms with Crippen LogP contribution in [0.15, 0.2) is 12.4 Å². The van der Waals surface area contributed by atoms with Gasteiger partial charge in [-0.1, -0.05) is 27.7 Å². The van der Waals surface area contributed by atoms with Crippen LogP contribution >= 0.6 is 0 Å². The molecule has 2 aromatic heterocycles. The number of aromatic nitrogens is 3. The minimum absolute atomic E-state index is 0.538. The van der Waals surface area contributed by atoms with E-state index in [-0.39, 0.29) is 0 Å². The van der Waals surface area contributed by atoms with E-state index >= 15 is 0 Å². The van der Waals surface area contributed by atoms with Crippen LogP contribution in [0.1, 0.15) is 39.2 Å². The smallest absolute Gasteiger partial charge is 0.149 e. The van der Waals surface area contributed by atoms with Crippen molar-refractivity contribution in [2.24, 2.45) is 0 Å². The average Bonchev–Trinajstić information content (AvgIpc) is 2.61. The van der Waals surface area contributed by atoms with E-state index < -0.39 is 0 Å². The summed E-state index contributed by atoms with van der Waals surface area (Å²) in [5.74, 6) is 1.48. The average molecular weight is 222 g/mol. The molecule has 0 aromatic carbocycles. The molecule has 0 bridgehead atoms. The molecular formula is C12H22N4. The first-order chi connectivity index (χ1) is 7.70. The predicted molar refractivity (Wildman–Crippen MR) is 69.6 cm³/mol. The third-order valence-electron chi connectivity index (χ3n) is 1.93. The van der Waals surface area contributed by atoms with Crippen LogP contribution in [-0.4, -0.2) is 14.4 Å². The van der Waals surface area contributed by atoms with Crippen molar-refractivity contribution < 1.29 is 0 Å². The Balaban J connectivity index is 0.000000509. The minimum Gasteiger partial charge on any atom is -0.382 e. The first kappa shape index (κ1) is 14.4. The fraction of sp³-hybridized carbons (Fsp3) is 0.500. The van der Waals surface area contributed by atoms with Crippen LogP contribution in [0.3, 0.4) is 0 Å². The molecule has 2 rings (SSSR count). The molecule has 0 fully saturated rings. The third-order valence-corrected chi connectivity index (χ3v) is 1.93. The summed E-state index contributed by atoms with van der Waals surface area (Å²) >= 11 is 0. The van der Waals surface area contributed by atoms with E-state index in [1.807, 2.05) is 52.1 Å². The number of fused-ring (bicyclic) bond motifs is 1. The van der Waals surface area contributed by atoms with Crippen molar-refractivity contribution in [2.45, 2.75) is 41.5 Å². The number of rotatable bonds is 0. The zero-order valence-electron chi connectivity index (χ0n) is 11.1. The summed E-state index contributed by atoms with van der Waals surface area (Å²) in [6, 6.07) is 0. The van der Waals surface area contributed by atoms with Gasteiger partial charge >= 0.3 is 0 Å². The number of nitrogens with zero attached hydrogens (tertiary/aromatic N) is 3. The Morgan fingerprint density at radius 2 is 1.69 bits per heavy atom. The van der Waals surface area contributed by atoms with Crippen LogP contribution in [0.2, 0.25) is 0 Å². The molecule has 0 unspecified atom stereocenters. The lowest BCUT2D eigenvalue weighted by atomic mass is 10.4. The van der Waals surface area contributed by atoms with E-state index in [1.165, 1.54) is 0 Å². The van der Waals surface area contributed by atoms with Crippen LogP contribution < -0.4 is 5.73 Å². The number of anilines is 1. The molecule has 0 atom stereocenters. The maximum absolute atomic E-state index is 5.70. The highest BCUT2D eigenvalue weighted by atomic mass is 15.1. The van der Waals surface area contributed by atoms with Crippen LogP contribution in [0.4, 0.5) is 5.82 Å². The highest BCUT2D eigenvalue weighted by Crippen LogP contribution is 2.15. The number of aryl methyl sites for hydroxylation is 2. The fourth-order valence-corrected chi connectivity index (χ4v) is 1.42. The summed E-state index contributed by atoms with van der Waals surface area (Å²) in [5, 5.41) is 0. The van der Waals surface area contributed by atoms with Crippen molar-refractivity contribution >= 4 is 11.3 Å². The molecule has 2 heterocycles. The van der Waals surface area contributed by atoms with Gasteiger partial charge in [-0.05, 0) is 13.8 Å². The van der Waals surface area contributed by atoms with E-state index in [0.29, 0.717) is 5.82 Å². The lowest BCUT2D eigenvalue weighted by molar-refractivity contribution is 1.03. The lowest BCUT2D eigenvalue weighted by Crippen LogP contribution is -1.95. The molecule has 4 nitrogen and oxygen atoms in total. The van der Waals surface area contributed by atoms with E-state index in [1.54, 1.807) is 6.20 Å². The van der Waals surface area contributed by atoms with Crippen LogP contribution in [-0.2, 0) is 0 Å². The molecule has 0 saturated heterocycles. The zero-order valence-corrected chi connectivity index (χ0v) is 11.1. The van der Waals surface area contributed by atoms with Crippen LogP contribution in [0.25, 0.3) is 5.52 Å². The summed E-state index contributed by atoms with van der Waals surface area (Å²) in [6.45, 7) is 11.9. The van der Waals surface area contributed by atoms with Crippen LogP contribution in [0, 0.1) is 13.8 Å². The van der Waals surface area contributed by atoms with Gasteiger partial charge in [0, 0.05) is 12.4 Å². The molecule has 16 heavy (non-hydrogen) atoms. The van der Waals surface area contributed by atoms with Gasteiger partial charge in [-0.3, -0.25) is 4.40 Å². The molecule has 0 aliphatic carbocycles. The van der Waals surface area contributed by atoms with Crippen LogP contribution in [0.5, 0.6) is 0 Å². The minimum atomic E-state index is 0.538. The third kappa shape index (κ3) is 2.72. The molecule has 2 aromatic rings.